The van der Waals surface area contributed by atoms with Gasteiger partial charge in [0.1, 0.15) is 12.3 Å². The first-order chi connectivity index (χ1) is 12.8. The van der Waals surface area contributed by atoms with Crippen LogP contribution in [0, 0.1) is 6.92 Å². The second-order valence-corrected chi connectivity index (χ2v) is 6.64. The fourth-order valence-corrected chi connectivity index (χ4v) is 3.09. The van der Waals surface area contributed by atoms with E-state index in [0.717, 1.165) is 21.1 Å². The molecule has 1 aliphatic rings. The Balaban J connectivity index is 2.00. The minimum atomic E-state index is -1.21. The number of pyridine rings is 1. The molecule has 0 aliphatic carbocycles. The number of fused-ring (bicyclic) bond motifs is 1. The van der Waals surface area contributed by atoms with Gasteiger partial charge in [0.05, 0.1) is 18.9 Å². The summed E-state index contributed by atoms with van der Waals surface area (Å²) >= 11 is 6.00. The van der Waals surface area contributed by atoms with Crippen LogP contribution in [-0.4, -0.2) is 38.2 Å². The number of halogens is 1. The van der Waals surface area contributed by atoms with Crippen molar-refractivity contribution in [1.82, 2.24) is 9.47 Å². The summed E-state index contributed by atoms with van der Waals surface area (Å²) in [6.45, 7) is 1.23. The van der Waals surface area contributed by atoms with Gasteiger partial charge in [0, 0.05) is 23.2 Å². The van der Waals surface area contributed by atoms with Crippen molar-refractivity contribution in [3.63, 3.8) is 0 Å². The molecule has 0 bridgehead atoms. The predicted molar refractivity (Wildman–Crippen MR) is 95.9 cm³/mol. The normalized spacial score (nSPS) is 12.7. The highest BCUT2D eigenvalue weighted by molar-refractivity contribution is 6.31. The molecule has 1 aliphatic heterocycles. The van der Waals surface area contributed by atoms with E-state index in [1.165, 1.54) is 0 Å². The lowest BCUT2D eigenvalue weighted by molar-refractivity contribution is -0.137. The number of carbonyl (C=O) groups excluding carboxylic acids is 1. The van der Waals surface area contributed by atoms with Gasteiger partial charge >= 0.3 is 12.0 Å². The van der Waals surface area contributed by atoms with Crippen molar-refractivity contribution < 1.29 is 24.5 Å². The van der Waals surface area contributed by atoms with E-state index in [2.05, 4.69) is 0 Å². The maximum absolute atomic E-state index is 13.0. The zero-order valence-electron chi connectivity index (χ0n) is 14.4. The number of hydrogen-bond donors (Lipinski definition) is 2. The molecule has 3 rings (SSSR count). The number of aromatic hydroxyl groups is 1. The van der Waals surface area contributed by atoms with Gasteiger partial charge in [-0.1, -0.05) is 23.7 Å². The molecule has 1 amide bonds. The highest BCUT2D eigenvalue weighted by atomic mass is 35.5. The molecule has 0 atom stereocenters. The standard InChI is InChI=1S/C18H17ClN2O6/c1-10-4-11(2-3-13(10)19)6-20(7-17(24)25)18(26)21-14-9-27-8-12(14)15(22)5-16(21)23/h2-5,22H,6-9H2,1H3,(H,24,25). The predicted octanol–water partition coefficient (Wildman–Crippen LogP) is 2.10. The molecule has 9 heteroatoms. The van der Waals surface area contributed by atoms with Gasteiger partial charge in [-0.2, -0.15) is 0 Å². The Labute approximate surface area is 159 Å². The van der Waals surface area contributed by atoms with Crippen LogP contribution >= 0.6 is 11.6 Å². The monoisotopic (exact) mass is 392 g/mol. The first-order valence-electron chi connectivity index (χ1n) is 8.08. The van der Waals surface area contributed by atoms with Gasteiger partial charge in [-0.15, -0.1) is 0 Å². The van der Waals surface area contributed by atoms with Gasteiger partial charge in [-0.25, -0.2) is 9.36 Å². The number of amides is 1. The number of aliphatic carboxylic acids is 1. The fraction of sp³-hybridized carbons (Fsp3) is 0.278. The van der Waals surface area contributed by atoms with Gasteiger partial charge in [0.25, 0.3) is 5.56 Å². The van der Waals surface area contributed by atoms with Gasteiger partial charge in [0.2, 0.25) is 0 Å². The third-order valence-corrected chi connectivity index (χ3v) is 4.70. The number of hydrogen-bond acceptors (Lipinski definition) is 5. The number of nitrogens with zero attached hydrogens (tertiary/aromatic N) is 2. The second-order valence-electron chi connectivity index (χ2n) is 6.24. The van der Waals surface area contributed by atoms with E-state index in [4.69, 9.17) is 16.3 Å². The summed E-state index contributed by atoms with van der Waals surface area (Å²) in [6.07, 6.45) is 0. The number of carboxylic acid groups (broad SMARTS) is 1. The third-order valence-electron chi connectivity index (χ3n) is 4.28. The maximum Gasteiger partial charge on any atom is 0.332 e. The Morgan fingerprint density at radius 2 is 2.04 bits per heavy atom. The Kier molecular flexibility index (Phi) is 5.20. The Bertz CT molecular complexity index is 985. The van der Waals surface area contributed by atoms with Gasteiger partial charge < -0.3 is 19.8 Å². The molecule has 0 saturated carbocycles. The highest BCUT2D eigenvalue weighted by Crippen LogP contribution is 2.27. The van der Waals surface area contributed by atoms with Crippen molar-refractivity contribution in [3.05, 3.63) is 62.0 Å². The quantitative estimate of drug-likeness (QED) is 0.824. The first-order valence-corrected chi connectivity index (χ1v) is 8.46. The number of benzene rings is 1. The van der Waals surface area contributed by atoms with Crippen molar-refractivity contribution in [3.8, 4) is 5.75 Å². The van der Waals surface area contributed by atoms with Crippen LogP contribution in [0.3, 0.4) is 0 Å². The lowest BCUT2D eigenvalue weighted by Gasteiger charge is -2.23. The van der Waals surface area contributed by atoms with Crippen molar-refractivity contribution in [2.75, 3.05) is 6.54 Å². The van der Waals surface area contributed by atoms with Crippen molar-refractivity contribution in [2.45, 2.75) is 26.7 Å². The molecule has 2 heterocycles. The molecule has 8 nitrogen and oxygen atoms in total. The van der Waals surface area contributed by atoms with Crippen LogP contribution in [0.4, 0.5) is 4.79 Å². The Hall–Kier alpha value is -2.84. The Morgan fingerprint density at radius 1 is 1.30 bits per heavy atom. The molecule has 0 saturated heterocycles. The molecule has 0 spiro atoms. The van der Waals surface area contributed by atoms with Crippen LogP contribution in [0.1, 0.15) is 22.4 Å². The summed E-state index contributed by atoms with van der Waals surface area (Å²) in [6, 6.07) is 5.23. The largest absolute Gasteiger partial charge is 0.507 e. The molecule has 27 heavy (non-hydrogen) atoms. The van der Waals surface area contributed by atoms with E-state index in [-0.39, 0.29) is 31.2 Å². The molecular weight excluding hydrogens is 376 g/mol. The van der Waals surface area contributed by atoms with Crippen molar-refractivity contribution in [2.24, 2.45) is 0 Å². The highest BCUT2D eigenvalue weighted by Gasteiger charge is 2.28. The van der Waals surface area contributed by atoms with Gasteiger partial charge in [-0.3, -0.25) is 9.59 Å². The molecule has 1 aromatic carbocycles. The third kappa shape index (κ3) is 3.81. The maximum atomic E-state index is 13.0. The summed E-state index contributed by atoms with van der Waals surface area (Å²) < 4.78 is 6.08. The van der Waals surface area contributed by atoms with E-state index < -0.39 is 24.1 Å². The second kappa shape index (κ2) is 7.42. The minimum Gasteiger partial charge on any atom is -0.507 e. The molecule has 0 unspecified atom stereocenters. The van der Waals surface area contributed by atoms with Crippen LogP contribution < -0.4 is 5.56 Å². The molecule has 2 aromatic rings. The molecule has 142 valence electrons. The summed E-state index contributed by atoms with van der Waals surface area (Å²) in [4.78, 5) is 37.6. The van der Waals surface area contributed by atoms with E-state index in [0.29, 0.717) is 16.1 Å². The number of carboxylic acids is 1. The zero-order chi connectivity index (χ0) is 19.7. The molecular formula is C18H17ClN2O6. The summed E-state index contributed by atoms with van der Waals surface area (Å²) in [5.41, 5.74) is 1.29. The van der Waals surface area contributed by atoms with Crippen LogP contribution in [0.15, 0.2) is 29.1 Å². The number of ether oxygens (including phenoxy) is 1. The lowest BCUT2D eigenvalue weighted by Crippen LogP contribution is -2.43. The first kappa shape index (κ1) is 18.9. The van der Waals surface area contributed by atoms with E-state index in [1.54, 1.807) is 25.1 Å². The zero-order valence-corrected chi connectivity index (χ0v) is 15.2. The lowest BCUT2D eigenvalue weighted by atomic mass is 10.1. The van der Waals surface area contributed by atoms with E-state index in [1.807, 2.05) is 0 Å². The van der Waals surface area contributed by atoms with Gasteiger partial charge in [0.15, 0.2) is 0 Å². The van der Waals surface area contributed by atoms with Crippen molar-refractivity contribution >= 4 is 23.6 Å². The number of carbonyl (C=O) groups is 2. The van der Waals surface area contributed by atoms with Crippen LogP contribution in [-0.2, 0) is 29.3 Å². The SMILES string of the molecule is Cc1cc(CN(CC(=O)O)C(=O)n2c3c(c(O)cc2=O)COC3)ccc1Cl. The minimum absolute atomic E-state index is 0.0217. The van der Waals surface area contributed by atoms with Crippen LogP contribution in [0.2, 0.25) is 5.02 Å². The van der Waals surface area contributed by atoms with E-state index in [9.17, 15) is 24.6 Å². The molecule has 0 radical (unpaired) electrons. The van der Waals surface area contributed by atoms with Crippen LogP contribution in [0.5, 0.6) is 5.75 Å². The number of aryl methyl sites for hydroxylation is 1. The van der Waals surface area contributed by atoms with Gasteiger partial charge in [-0.05, 0) is 24.1 Å². The molecule has 2 N–H and O–H groups in total. The smallest absolute Gasteiger partial charge is 0.332 e. The topological polar surface area (TPSA) is 109 Å². The summed E-state index contributed by atoms with van der Waals surface area (Å²) in [7, 11) is 0. The van der Waals surface area contributed by atoms with Crippen molar-refractivity contribution in [1.29, 1.82) is 0 Å². The summed E-state index contributed by atoms with van der Waals surface area (Å²) in [5.74, 6) is -1.46. The fourth-order valence-electron chi connectivity index (χ4n) is 2.97. The Morgan fingerprint density at radius 3 is 2.70 bits per heavy atom. The van der Waals surface area contributed by atoms with E-state index >= 15 is 0 Å². The average molecular weight is 393 g/mol. The molecule has 0 fully saturated rings. The number of aromatic nitrogens is 1. The number of rotatable bonds is 4. The molecule has 1 aromatic heterocycles. The van der Waals surface area contributed by atoms with Crippen LogP contribution in [0.25, 0.3) is 0 Å². The summed E-state index contributed by atoms with van der Waals surface area (Å²) in [5, 5.41) is 19.6. The average Bonchev–Trinajstić information content (AvgIpc) is 3.07.